The Morgan fingerprint density at radius 1 is 1.24 bits per heavy atom. The number of benzene rings is 1. The quantitative estimate of drug-likeness (QED) is 0.679. The van der Waals surface area contributed by atoms with Crippen LogP contribution in [0.5, 0.6) is 0 Å². The molecular formula is C18H23N5OS. The molecule has 6 nitrogen and oxygen atoms in total. The van der Waals surface area contributed by atoms with Crippen molar-refractivity contribution in [2.45, 2.75) is 38.8 Å². The third-order valence-corrected chi connectivity index (χ3v) is 5.37. The zero-order valence-corrected chi connectivity index (χ0v) is 15.3. The molecule has 1 fully saturated rings. The second-order valence-electron chi connectivity index (χ2n) is 6.47. The topological polar surface area (TPSA) is 55.5 Å². The first kappa shape index (κ1) is 16.6. The van der Waals surface area contributed by atoms with Gasteiger partial charge in [-0.1, -0.05) is 48.6 Å². The van der Waals surface area contributed by atoms with E-state index in [2.05, 4.69) is 52.4 Å². The average Bonchev–Trinajstić information content (AvgIpc) is 3.18. The molecule has 1 saturated heterocycles. The van der Waals surface area contributed by atoms with Crippen LogP contribution in [-0.2, 0) is 24.1 Å². The maximum Gasteiger partial charge on any atom is 0.234 e. The third-order valence-electron chi connectivity index (χ3n) is 4.45. The largest absolute Gasteiger partial charge is 0.375 e. The number of rotatable bonds is 6. The number of hydrogen-bond acceptors (Lipinski definition) is 6. The van der Waals surface area contributed by atoms with Gasteiger partial charge in [-0.25, -0.2) is 0 Å². The Morgan fingerprint density at radius 3 is 2.96 bits per heavy atom. The molecule has 0 aliphatic carbocycles. The fourth-order valence-electron chi connectivity index (χ4n) is 3.24. The molecule has 1 aliphatic rings. The van der Waals surface area contributed by atoms with Crippen LogP contribution < -0.4 is 0 Å². The number of ether oxygens (including phenoxy) is 1. The van der Waals surface area contributed by atoms with Crippen molar-refractivity contribution in [1.82, 2.24) is 24.7 Å². The van der Waals surface area contributed by atoms with Crippen LogP contribution in [-0.4, -0.2) is 50.5 Å². The molecule has 4 rings (SSSR count). The molecule has 0 unspecified atom stereocenters. The average molecular weight is 357 g/mol. The van der Waals surface area contributed by atoms with Crippen molar-refractivity contribution < 1.29 is 4.74 Å². The summed E-state index contributed by atoms with van der Waals surface area (Å²) in [5, 5.41) is 14.2. The highest BCUT2D eigenvalue weighted by Gasteiger charge is 2.23. The molecule has 0 saturated carbocycles. The second-order valence-corrected chi connectivity index (χ2v) is 7.51. The first-order chi connectivity index (χ1) is 12.3. The first-order valence-electron chi connectivity index (χ1n) is 8.89. The van der Waals surface area contributed by atoms with Gasteiger partial charge in [0.1, 0.15) is 5.01 Å². The smallest absolute Gasteiger partial charge is 0.234 e. The normalized spacial score (nSPS) is 18.8. The Kier molecular flexibility index (Phi) is 5.05. The Bertz CT molecular complexity index is 815. The van der Waals surface area contributed by atoms with E-state index in [1.54, 1.807) is 11.3 Å². The van der Waals surface area contributed by atoms with E-state index < -0.39 is 0 Å². The lowest BCUT2D eigenvalue weighted by Gasteiger charge is -2.32. The molecule has 0 N–H and O–H groups in total. The molecule has 2 aromatic heterocycles. The van der Waals surface area contributed by atoms with Crippen LogP contribution in [0.1, 0.15) is 29.7 Å². The van der Waals surface area contributed by atoms with E-state index in [9.17, 15) is 0 Å². The molecule has 1 aromatic carbocycles. The van der Waals surface area contributed by atoms with Gasteiger partial charge in [0, 0.05) is 32.5 Å². The molecule has 0 radical (unpaired) electrons. The van der Waals surface area contributed by atoms with E-state index in [1.807, 2.05) is 4.52 Å². The minimum Gasteiger partial charge on any atom is -0.375 e. The fourth-order valence-corrected chi connectivity index (χ4v) is 4.16. The molecule has 0 amide bonds. The summed E-state index contributed by atoms with van der Waals surface area (Å²) in [6, 6.07) is 10.6. The summed E-state index contributed by atoms with van der Waals surface area (Å²) in [5.41, 5.74) is 1.35. The van der Waals surface area contributed by atoms with Crippen LogP contribution in [0.4, 0.5) is 0 Å². The van der Waals surface area contributed by atoms with E-state index >= 15 is 0 Å². The van der Waals surface area contributed by atoms with Gasteiger partial charge >= 0.3 is 0 Å². The SMILES string of the molecule is CCCc1nnc2sc(C[C@@H]3CN(Cc4ccccc4)CCO3)nn12. The summed E-state index contributed by atoms with van der Waals surface area (Å²) in [6.45, 7) is 5.83. The van der Waals surface area contributed by atoms with Gasteiger partial charge in [0.05, 0.1) is 12.7 Å². The highest BCUT2D eigenvalue weighted by molar-refractivity contribution is 7.16. The van der Waals surface area contributed by atoms with Crippen molar-refractivity contribution in [3.8, 4) is 0 Å². The monoisotopic (exact) mass is 357 g/mol. The van der Waals surface area contributed by atoms with Gasteiger partial charge in [-0.05, 0) is 12.0 Å². The summed E-state index contributed by atoms with van der Waals surface area (Å²) in [4.78, 5) is 3.35. The molecule has 1 aliphatic heterocycles. The first-order valence-corrected chi connectivity index (χ1v) is 9.71. The minimum absolute atomic E-state index is 0.191. The molecule has 7 heteroatoms. The molecule has 0 bridgehead atoms. The lowest BCUT2D eigenvalue weighted by molar-refractivity contribution is -0.0305. The number of morpholine rings is 1. The van der Waals surface area contributed by atoms with Gasteiger partial charge in [0.15, 0.2) is 5.82 Å². The number of hydrogen-bond donors (Lipinski definition) is 0. The zero-order valence-electron chi connectivity index (χ0n) is 14.5. The van der Waals surface area contributed by atoms with Crippen molar-refractivity contribution in [2.75, 3.05) is 19.7 Å². The number of fused-ring (bicyclic) bond motifs is 1. The number of aryl methyl sites for hydroxylation is 1. The van der Waals surface area contributed by atoms with Crippen LogP contribution in [0, 0.1) is 0 Å². The Hall–Kier alpha value is -1.83. The predicted molar refractivity (Wildman–Crippen MR) is 97.8 cm³/mol. The van der Waals surface area contributed by atoms with E-state index in [-0.39, 0.29) is 6.10 Å². The van der Waals surface area contributed by atoms with E-state index in [4.69, 9.17) is 9.84 Å². The van der Waals surface area contributed by atoms with Crippen LogP contribution in [0.15, 0.2) is 30.3 Å². The second kappa shape index (κ2) is 7.59. The number of nitrogens with zero attached hydrogens (tertiary/aromatic N) is 5. The highest BCUT2D eigenvalue weighted by Crippen LogP contribution is 2.19. The van der Waals surface area contributed by atoms with Gasteiger partial charge in [0.25, 0.3) is 0 Å². The number of aromatic nitrogens is 4. The molecule has 1 atom stereocenters. The van der Waals surface area contributed by atoms with Crippen molar-refractivity contribution in [3.63, 3.8) is 0 Å². The fraction of sp³-hybridized carbons (Fsp3) is 0.500. The maximum atomic E-state index is 5.98. The zero-order chi connectivity index (χ0) is 17.1. The van der Waals surface area contributed by atoms with Gasteiger partial charge < -0.3 is 4.74 Å². The van der Waals surface area contributed by atoms with Gasteiger partial charge in [-0.2, -0.15) is 9.61 Å². The van der Waals surface area contributed by atoms with Gasteiger partial charge in [-0.3, -0.25) is 4.90 Å². The lowest BCUT2D eigenvalue weighted by atomic mass is 10.1. The van der Waals surface area contributed by atoms with Crippen LogP contribution in [0.2, 0.25) is 0 Å². The minimum atomic E-state index is 0.191. The van der Waals surface area contributed by atoms with Crippen molar-refractivity contribution in [1.29, 1.82) is 0 Å². The van der Waals surface area contributed by atoms with Crippen LogP contribution in [0.3, 0.4) is 0 Å². The molecule has 0 spiro atoms. The van der Waals surface area contributed by atoms with Crippen molar-refractivity contribution in [2.24, 2.45) is 0 Å². The van der Waals surface area contributed by atoms with Crippen LogP contribution >= 0.6 is 11.3 Å². The summed E-state index contributed by atoms with van der Waals surface area (Å²) < 4.78 is 7.88. The summed E-state index contributed by atoms with van der Waals surface area (Å²) in [5.74, 6) is 0.954. The summed E-state index contributed by atoms with van der Waals surface area (Å²) in [6.07, 6.45) is 2.99. The molecule has 25 heavy (non-hydrogen) atoms. The van der Waals surface area contributed by atoms with Gasteiger partial charge in [0.2, 0.25) is 4.96 Å². The standard InChI is InChI=1S/C18H23N5OS/c1-2-6-16-19-20-18-23(16)21-17(25-18)11-15-13-22(9-10-24-15)12-14-7-4-3-5-8-14/h3-5,7-8,15H,2,6,9-13H2,1H3/t15-/m1/s1. The molecular weight excluding hydrogens is 334 g/mol. The Labute approximate surface area is 151 Å². The molecule has 3 aromatic rings. The highest BCUT2D eigenvalue weighted by atomic mass is 32.1. The Balaban J connectivity index is 1.40. The Morgan fingerprint density at radius 2 is 2.12 bits per heavy atom. The van der Waals surface area contributed by atoms with Crippen molar-refractivity contribution >= 4 is 16.3 Å². The van der Waals surface area contributed by atoms with Crippen molar-refractivity contribution in [3.05, 3.63) is 46.7 Å². The van der Waals surface area contributed by atoms with E-state index in [0.29, 0.717) is 0 Å². The van der Waals surface area contributed by atoms with E-state index in [0.717, 1.165) is 61.3 Å². The third kappa shape index (κ3) is 3.89. The summed E-state index contributed by atoms with van der Waals surface area (Å²) >= 11 is 1.62. The van der Waals surface area contributed by atoms with E-state index in [1.165, 1.54) is 5.56 Å². The summed E-state index contributed by atoms with van der Waals surface area (Å²) in [7, 11) is 0. The van der Waals surface area contributed by atoms with Gasteiger partial charge in [-0.15, -0.1) is 10.2 Å². The van der Waals surface area contributed by atoms with Crippen LogP contribution in [0.25, 0.3) is 4.96 Å². The molecule has 3 heterocycles. The lowest BCUT2D eigenvalue weighted by Crippen LogP contribution is -2.42. The molecule has 132 valence electrons. The predicted octanol–water partition coefficient (Wildman–Crippen LogP) is 2.58. The maximum absolute atomic E-state index is 5.98.